The Morgan fingerprint density at radius 2 is 1.82 bits per heavy atom. The largest absolute Gasteiger partial charge is 0.345 e. The van der Waals surface area contributed by atoms with E-state index in [0.717, 1.165) is 31.2 Å². The van der Waals surface area contributed by atoms with Gasteiger partial charge in [-0.1, -0.05) is 43.5 Å². The van der Waals surface area contributed by atoms with Gasteiger partial charge >= 0.3 is 0 Å². The van der Waals surface area contributed by atoms with Crippen LogP contribution in [0.4, 0.5) is 5.69 Å². The van der Waals surface area contributed by atoms with E-state index in [4.69, 9.17) is 0 Å². The molecular formula is C26H31N5O3. The summed E-state index contributed by atoms with van der Waals surface area (Å²) < 4.78 is 0. The molecule has 178 valence electrons. The maximum Gasteiger partial charge on any atom is 0.272 e. The zero-order valence-corrected chi connectivity index (χ0v) is 19.7. The van der Waals surface area contributed by atoms with Crippen molar-refractivity contribution in [3.8, 4) is 0 Å². The van der Waals surface area contributed by atoms with Crippen LogP contribution in [-0.2, 0) is 14.4 Å². The number of rotatable bonds is 6. The average Bonchev–Trinajstić information content (AvgIpc) is 2.96. The first kappa shape index (κ1) is 23.6. The molecule has 2 unspecified atom stereocenters. The molecule has 1 aromatic carbocycles. The summed E-state index contributed by atoms with van der Waals surface area (Å²) in [6, 6.07) is 12.1. The van der Waals surface area contributed by atoms with Gasteiger partial charge in [0.2, 0.25) is 18.0 Å². The molecule has 2 heterocycles. The Morgan fingerprint density at radius 1 is 1.09 bits per heavy atom. The Labute approximate surface area is 199 Å². The molecular weight excluding hydrogens is 430 g/mol. The number of aliphatic imine (C=N–C) groups is 1. The first-order valence-electron chi connectivity index (χ1n) is 11.9. The number of aromatic nitrogens is 1. The molecule has 2 aliphatic rings. The minimum absolute atomic E-state index is 0.135. The summed E-state index contributed by atoms with van der Waals surface area (Å²) >= 11 is 0. The van der Waals surface area contributed by atoms with Gasteiger partial charge in [-0.3, -0.25) is 19.4 Å². The first-order valence-corrected chi connectivity index (χ1v) is 11.9. The molecule has 0 radical (unpaired) electrons. The fourth-order valence-electron chi connectivity index (χ4n) is 4.60. The van der Waals surface area contributed by atoms with Crippen LogP contribution in [0.2, 0.25) is 0 Å². The van der Waals surface area contributed by atoms with Crippen molar-refractivity contribution in [3.05, 3.63) is 59.9 Å². The van der Waals surface area contributed by atoms with Gasteiger partial charge in [0.05, 0.1) is 17.1 Å². The van der Waals surface area contributed by atoms with Gasteiger partial charge in [0.1, 0.15) is 6.04 Å². The van der Waals surface area contributed by atoms with Crippen LogP contribution in [0.5, 0.6) is 0 Å². The number of para-hydroxylation sites is 1. The molecule has 2 aromatic rings. The fourth-order valence-corrected chi connectivity index (χ4v) is 4.60. The van der Waals surface area contributed by atoms with E-state index < -0.39 is 18.1 Å². The van der Waals surface area contributed by atoms with Crippen LogP contribution in [-0.4, -0.2) is 47.7 Å². The predicted octanol–water partition coefficient (Wildman–Crippen LogP) is 2.81. The van der Waals surface area contributed by atoms with Crippen LogP contribution < -0.4 is 15.5 Å². The highest BCUT2D eigenvalue weighted by molar-refractivity contribution is 6.19. The highest BCUT2D eigenvalue weighted by Crippen LogP contribution is 2.27. The summed E-state index contributed by atoms with van der Waals surface area (Å²) in [6.07, 6.45) is 6.61. The second-order valence-corrected chi connectivity index (χ2v) is 9.02. The lowest BCUT2D eigenvalue weighted by Crippen LogP contribution is -2.52. The Bertz CT molecular complexity index is 1080. The Balaban J connectivity index is 1.51. The van der Waals surface area contributed by atoms with E-state index in [1.54, 1.807) is 26.2 Å². The Kier molecular flexibility index (Phi) is 7.35. The van der Waals surface area contributed by atoms with Gasteiger partial charge < -0.3 is 15.5 Å². The number of anilines is 1. The predicted molar refractivity (Wildman–Crippen MR) is 130 cm³/mol. The van der Waals surface area contributed by atoms with Gasteiger partial charge in [-0.2, -0.15) is 0 Å². The molecule has 34 heavy (non-hydrogen) atoms. The summed E-state index contributed by atoms with van der Waals surface area (Å²) in [6.45, 7) is 1.62. The second-order valence-electron chi connectivity index (χ2n) is 9.02. The third-order valence-corrected chi connectivity index (χ3v) is 6.50. The van der Waals surface area contributed by atoms with E-state index >= 15 is 0 Å². The highest BCUT2D eigenvalue weighted by Gasteiger charge is 2.32. The third kappa shape index (κ3) is 5.32. The number of nitrogens with one attached hydrogen (secondary N) is 2. The van der Waals surface area contributed by atoms with Crippen LogP contribution in [0, 0.1) is 5.92 Å². The van der Waals surface area contributed by atoms with Crippen LogP contribution in [0.3, 0.4) is 0 Å². The Hall–Kier alpha value is -3.55. The lowest BCUT2D eigenvalue weighted by molar-refractivity contribution is -0.131. The number of nitrogens with zero attached hydrogens (tertiary/aromatic N) is 3. The number of benzodiazepines with no additional fused rings is 1. The topological polar surface area (TPSA) is 104 Å². The van der Waals surface area contributed by atoms with Crippen LogP contribution >= 0.6 is 0 Å². The number of pyridine rings is 1. The summed E-state index contributed by atoms with van der Waals surface area (Å²) in [5.41, 5.74) is 2.56. The van der Waals surface area contributed by atoms with Crippen molar-refractivity contribution in [1.29, 1.82) is 0 Å². The fraction of sp³-hybridized carbons (Fsp3) is 0.423. The smallest absolute Gasteiger partial charge is 0.272 e. The summed E-state index contributed by atoms with van der Waals surface area (Å²) in [7, 11) is 1.66. The number of carbonyl (C=O) groups excluding carboxylic acids is 3. The molecule has 0 bridgehead atoms. The lowest BCUT2D eigenvalue weighted by Gasteiger charge is -2.23. The normalized spacial score (nSPS) is 19.5. The Morgan fingerprint density at radius 3 is 2.56 bits per heavy atom. The lowest BCUT2D eigenvalue weighted by atomic mass is 9.87. The number of likely N-dealkylation sites (N-methyl/N-ethyl adjacent to an activating group) is 1. The summed E-state index contributed by atoms with van der Waals surface area (Å²) in [5.74, 6) is -0.583. The van der Waals surface area contributed by atoms with Crippen LogP contribution in [0.1, 0.15) is 56.7 Å². The quantitative estimate of drug-likeness (QED) is 0.690. The van der Waals surface area contributed by atoms with Crippen molar-refractivity contribution in [2.24, 2.45) is 10.9 Å². The van der Waals surface area contributed by atoms with Gasteiger partial charge in [-0.25, -0.2) is 4.99 Å². The van der Waals surface area contributed by atoms with E-state index in [9.17, 15) is 14.4 Å². The molecule has 8 heteroatoms. The first-order chi connectivity index (χ1) is 16.4. The SMILES string of the molecule is CC(NC(=O)CC1CCCCC1)C(=O)NC1N=C(c2ccccn2)c2ccccc2N(C)C1=O. The molecule has 8 nitrogen and oxygen atoms in total. The van der Waals surface area contributed by atoms with Crippen LogP contribution in [0.25, 0.3) is 0 Å². The number of carbonyl (C=O) groups is 3. The van der Waals surface area contributed by atoms with Gasteiger partial charge in [-0.05, 0) is 43.9 Å². The van der Waals surface area contributed by atoms with Crippen molar-refractivity contribution in [2.75, 3.05) is 11.9 Å². The molecule has 4 rings (SSSR count). The van der Waals surface area contributed by atoms with Crippen molar-refractivity contribution in [2.45, 2.75) is 57.7 Å². The monoisotopic (exact) mass is 461 g/mol. The zero-order chi connectivity index (χ0) is 24.1. The molecule has 3 amide bonds. The van der Waals surface area contributed by atoms with Crippen molar-refractivity contribution >= 4 is 29.1 Å². The third-order valence-electron chi connectivity index (χ3n) is 6.50. The van der Waals surface area contributed by atoms with Crippen molar-refractivity contribution < 1.29 is 14.4 Å². The molecule has 1 aliphatic carbocycles. The zero-order valence-electron chi connectivity index (χ0n) is 19.7. The standard InChI is InChI=1S/C26H31N5O3/c1-17(28-22(32)16-18-10-4-3-5-11-18)25(33)30-24-26(34)31(2)21-14-7-6-12-19(21)23(29-24)20-13-8-9-15-27-20/h6-9,12-15,17-18,24H,3-5,10-11,16H2,1-2H3,(H,28,32)(H,30,33). The highest BCUT2D eigenvalue weighted by atomic mass is 16.2. The van der Waals surface area contributed by atoms with Crippen molar-refractivity contribution in [1.82, 2.24) is 15.6 Å². The van der Waals surface area contributed by atoms with E-state index in [0.29, 0.717) is 29.4 Å². The molecule has 1 saturated carbocycles. The van der Waals surface area contributed by atoms with E-state index in [1.165, 1.54) is 11.3 Å². The molecule has 2 N–H and O–H groups in total. The maximum absolute atomic E-state index is 13.2. The van der Waals surface area contributed by atoms with Crippen molar-refractivity contribution in [3.63, 3.8) is 0 Å². The van der Waals surface area contributed by atoms with Crippen LogP contribution in [0.15, 0.2) is 53.7 Å². The number of amides is 3. The number of hydrogen-bond donors (Lipinski definition) is 2. The van der Waals surface area contributed by atoms with Gasteiger partial charge in [-0.15, -0.1) is 0 Å². The molecule has 0 spiro atoms. The minimum atomic E-state index is -1.14. The summed E-state index contributed by atoms with van der Waals surface area (Å²) in [4.78, 5) is 49.2. The number of hydrogen-bond acceptors (Lipinski definition) is 5. The molecule has 1 fully saturated rings. The average molecular weight is 462 g/mol. The van der Waals surface area contributed by atoms with E-state index in [1.807, 2.05) is 36.4 Å². The number of fused-ring (bicyclic) bond motifs is 1. The summed E-state index contributed by atoms with van der Waals surface area (Å²) in [5, 5.41) is 5.50. The molecule has 1 aromatic heterocycles. The van der Waals surface area contributed by atoms with Gasteiger partial charge in [0.15, 0.2) is 0 Å². The molecule has 0 saturated heterocycles. The molecule has 1 aliphatic heterocycles. The van der Waals surface area contributed by atoms with Gasteiger partial charge in [0.25, 0.3) is 5.91 Å². The molecule has 2 atom stereocenters. The minimum Gasteiger partial charge on any atom is -0.345 e. The number of benzene rings is 1. The maximum atomic E-state index is 13.2. The second kappa shape index (κ2) is 10.6. The van der Waals surface area contributed by atoms with E-state index in [2.05, 4.69) is 20.6 Å². The van der Waals surface area contributed by atoms with Gasteiger partial charge in [0, 0.05) is 25.2 Å². The van der Waals surface area contributed by atoms with E-state index in [-0.39, 0.29) is 11.8 Å².